The molecule has 7 heteroatoms. The number of halogens is 1. The summed E-state index contributed by atoms with van der Waals surface area (Å²) in [4.78, 5) is 0.713. The Bertz CT molecular complexity index is 543. The summed E-state index contributed by atoms with van der Waals surface area (Å²) in [6, 6.07) is 4.35. The normalized spacial score (nSPS) is 10.8. The molecule has 0 aliphatic rings. The number of unbranched alkanes of at least 4 members (excludes halogenated alkanes) is 1. The van der Waals surface area contributed by atoms with E-state index in [0.717, 1.165) is 25.2 Å². The number of nitrogens with two attached hydrogens (primary N) is 1. The van der Waals surface area contributed by atoms with Crippen LogP contribution in [0, 0.1) is 5.82 Å². The molecular weight excluding hydrogens is 265 g/mol. The molecule has 0 spiro atoms. The zero-order chi connectivity index (χ0) is 13.7. The van der Waals surface area contributed by atoms with Crippen molar-refractivity contribution < 1.29 is 4.39 Å². The van der Waals surface area contributed by atoms with Crippen LogP contribution >= 0.6 is 11.8 Å². The summed E-state index contributed by atoms with van der Waals surface area (Å²) in [5.41, 5.74) is 6.37. The largest absolute Gasteiger partial charge is 0.398 e. The van der Waals surface area contributed by atoms with Crippen molar-refractivity contribution in [2.24, 2.45) is 0 Å². The maximum atomic E-state index is 13.1. The van der Waals surface area contributed by atoms with Gasteiger partial charge in [0.05, 0.1) is 5.75 Å². The van der Waals surface area contributed by atoms with E-state index >= 15 is 0 Å². The second kappa shape index (κ2) is 6.51. The first-order valence-electron chi connectivity index (χ1n) is 6.13. The Kier molecular flexibility index (Phi) is 4.73. The number of hydrogen-bond acceptors (Lipinski definition) is 5. The van der Waals surface area contributed by atoms with Crippen molar-refractivity contribution >= 4 is 17.4 Å². The first-order valence-corrected chi connectivity index (χ1v) is 7.12. The number of aromatic nitrogens is 4. The van der Waals surface area contributed by atoms with E-state index in [1.807, 2.05) is 0 Å². The van der Waals surface area contributed by atoms with Crippen molar-refractivity contribution in [2.75, 3.05) is 5.73 Å². The lowest BCUT2D eigenvalue weighted by atomic mass is 10.3. The van der Waals surface area contributed by atoms with E-state index < -0.39 is 0 Å². The third-order valence-electron chi connectivity index (χ3n) is 2.66. The number of anilines is 1. The van der Waals surface area contributed by atoms with Crippen LogP contribution < -0.4 is 5.73 Å². The maximum Gasteiger partial charge on any atom is 0.161 e. The van der Waals surface area contributed by atoms with Crippen LogP contribution in [-0.4, -0.2) is 20.2 Å². The average Bonchev–Trinajstić information content (AvgIpc) is 2.85. The summed E-state index contributed by atoms with van der Waals surface area (Å²) in [6.45, 7) is 2.92. The van der Waals surface area contributed by atoms with Crippen LogP contribution in [0.4, 0.5) is 10.1 Å². The molecule has 0 unspecified atom stereocenters. The SMILES string of the molecule is CCCCn1nnnc1CSc1cc(F)ccc1N. The van der Waals surface area contributed by atoms with Gasteiger partial charge in [-0.3, -0.25) is 0 Å². The fourth-order valence-electron chi connectivity index (χ4n) is 1.58. The standard InChI is InChI=1S/C12H16FN5S/c1-2-3-6-18-12(15-16-17-18)8-19-11-7-9(13)4-5-10(11)14/h4-5,7H,2-3,6,8,14H2,1H3. The first-order chi connectivity index (χ1) is 9.20. The molecule has 0 aliphatic carbocycles. The second-order valence-electron chi connectivity index (χ2n) is 4.14. The van der Waals surface area contributed by atoms with Gasteiger partial charge in [-0.2, -0.15) is 0 Å². The molecule has 1 aromatic carbocycles. The molecule has 2 N–H and O–H groups in total. The predicted octanol–water partition coefficient (Wildman–Crippen LogP) is 2.49. The van der Waals surface area contributed by atoms with Gasteiger partial charge in [-0.25, -0.2) is 9.07 Å². The second-order valence-corrected chi connectivity index (χ2v) is 5.16. The van der Waals surface area contributed by atoms with Gasteiger partial charge in [-0.15, -0.1) is 16.9 Å². The molecule has 1 aromatic heterocycles. The lowest BCUT2D eigenvalue weighted by Crippen LogP contribution is -2.05. The summed E-state index contributed by atoms with van der Waals surface area (Å²) in [7, 11) is 0. The van der Waals surface area contributed by atoms with Crippen molar-refractivity contribution in [3.05, 3.63) is 29.8 Å². The minimum atomic E-state index is -0.290. The molecule has 2 aromatic rings. The van der Waals surface area contributed by atoms with Crippen molar-refractivity contribution in [3.63, 3.8) is 0 Å². The third-order valence-corrected chi connectivity index (χ3v) is 3.73. The van der Waals surface area contributed by atoms with Crippen LogP contribution in [-0.2, 0) is 12.3 Å². The molecule has 0 atom stereocenters. The number of hydrogen-bond donors (Lipinski definition) is 1. The summed E-state index contributed by atoms with van der Waals surface area (Å²) in [6.07, 6.45) is 2.12. The number of thioether (sulfide) groups is 1. The quantitative estimate of drug-likeness (QED) is 0.650. The van der Waals surface area contributed by atoms with E-state index in [2.05, 4.69) is 22.4 Å². The van der Waals surface area contributed by atoms with E-state index in [4.69, 9.17) is 5.73 Å². The smallest absolute Gasteiger partial charge is 0.161 e. The zero-order valence-electron chi connectivity index (χ0n) is 10.7. The van der Waals surface area contributed by atoms with Gasteiger partial charge >= 0.3 is 0 Å². The van der Waals surface area contributed by atoms with Gasteiger partial charge in [0.25, 0.3) is 0 Å². The van der Waals surface area contributed by atoms with Gasteiger partial charge in [0, 0.05) is 17.1 Å². The Hall–Kier alpha value is -1.63. The van der Waals surface area contributed by atoms with Gasteiger partial charge in [0.15, 0.2) is 5.82 Å². The van der Waals surface area contributed by atoms with Crippen LogP contribution in [0.3, 0.4) is 0 Å². The molecule has 102 valence electrons. The molecule has 19 heavy (non-hydrogen) atoms. The molecule has 1 heterocycles. The molecule has 2 rings (SSSR count). The molecule has 0 fully saturated rings. The van der Waals surface area contributed by atoms with Gasteiger partial charge < -0.3 is 5.73 Å². The molecular formula is C12H16FN5S. The van der Waals surface area contributed by atoms with Gasteiger partial charge in [0.2, 0.25) is 0 Å². The highest BCUT2D eigenvalue weighted by atomic mass is 32.2. The van der Waals surface area contributed by atoms with Crippen LogP contribution in [0.15, 0.2) is 23.1 Å². The highest BCUT2D eigenvalue weighted by Gasteiger charge is 2.08. The molecule has 0 amide bonds. The molecule has 0 saturated carbocycles. The predicted molar refractivity (Wildman–Crippen MR) is 73.1 cm³/mol. The van der Waals surface area contributed by atoms with Crippen LogP contribution in [0.25, 0.3) is 0 Å². The lowest BCUT2D eigenvalue weighted by molar-refractivity contribution is 0.540. The monoisotopic (exact) mass is 281 g/mol. The summed E-state index contributed by atoms with van der Waals surface area (Å²) in [5, 5.41) is 11.6. The van der Waals surface area contributed by atoms with Gasteiger partial charge in [-0.1, -0.05) is 13.3 Å². The summed E-state index contributed by atoms with van der Waals surface area (Å²) >= 11 is 1.44. The third kappa shape index (κ3) is 3.66. The van der Waals surface area contributed by atoms with Crippen molar-refractivity contribution in [1.29, 1.82) is 0 Å². The number of benzene rings is 1. The van der Waals surface area contributed by atoms with E-state index in [1.165, 1.54) is 23.9 Å². The summed E-state index contributed by atoms with van der Waals surface area (Å²) < 4.78 is 14.9. The molecule has 0 bridgehead atoms. The van der Waals surface area contributed by atoms with E-state index in [0.29, 0.717) is 16.3 Å². The van der Waals surface area contributed by atoms with E-state index in [-0.39, 0.29) is 5.82 Å². The fourth-order valence-corrected chi connectivity index (χ4v) is 2.51. The van der Waals surface area contributed by atoms with Crippen molar-refractivity contribution in [1.82, 2.24) is 20.2 Å². The maximum absolute atomic E-state index is 13.1. The molecule has 0 saturated heterocycles. The van der Waals surface area contributed by atoms with Crippen molar-refractivity contribution in [2.45, 2.75) is 37.0 Å². The number of aryl methyl sites for hydroxylation is 1. The number of nitrogens with zero attached hydrogens (tertiary/aromatic N) is 4. The Balaban J connectivity index is 2.02. The minimum absolute atomic E-state index is 0.290. The number of tetrazole rings is 1. The number of rotatable bonds is 6. The minimum Gasteiger partial charge on any atom is -0.398 e. The molecule has 5 nitrogen and oxygen atoms in total. The molecule has 0 radical (unpaired) electrons. The van der Waals surface area contributed by atoms with Gasteiger partial charge in [-0.05, 0) is 35.0 Å². The Morgan fingerprint density at radius 3 is 3.05 bits per heavy atom. The Morgan fingerprint density at radius 1 is 1.42 bits per heavy atom. The topological polar surface area (TPSA) is 69.6 Å². The Labute approximate surface area is 115 Å². The first kappa shape index (κ1) is 13.8. The average molecular weight is 281 g/mol. The summed E-state index contributed by atoms with van der Waals surface area (Å²) in [5.74, 6) is 1.06. The highest BCUT2D eigenvalue weighted by molar-refractivity contribution is 7.98. The Morgan fingerprint density at radius 2 is 2.26 bits per heavy atom. The van der Waals surface area contributed by atoms with Gasteiger partial charge in [0.1, 0.15) is 5.82 Å². The van der Waals surface area contributed by atoms with Crippen LogP contribution in [0.5, 0.6) is 0 Å². The lowest BCUT2D eigenvalue weighted by Gasteiger charge is -2.06. The number of nitrogen functional groups attached to an aromatic ring is 1. The van der Waals surface area contributed by atoms with E-state index in [9.17, 15) is 4.39 Å². The van der Waals surface area contributed by atoms with E-state index in [1.54, 1.807) is 10.7 Å². The van der Waals surface area contributed by atoms with Crippen LogP contribution in [0.2, 0.25) is 0 Å². The highest BCUT2D eigenvalue weighted by Crippen LogP contribution is 2.28. The zero-order valence-corrected chi connectivity index (χ0v) is 11.5. The van der Waals surface area contributed by atoms with Crippen molar-refractivity contribution in [3.8, 4) is 0 Å². The fraction of sp³-hybridized carbons (Fsp3) is 0.417. The van der Waals surface area contributed by atoms with Crippen LogP contribution in [0.1, 0.15) is 25.6 Å². The molecule has 0 aliphatic heterocycles.